The van der Waals surface area contributed by atoms with Gasteiger partial charge in [0.15, 0.2) is 18.1 Å². The van der Waals surface area contributed by atoms with Gasteiger partial charge in [0.1, 0.15) is 0 Å². The van der Waals surface area contributed by atoms with E-state index in [-0.39, 0.29) is 17.3 Å². The molecule has 3 aromatic rings. The lowest BCUT2D eigenvalue weighted by Crippen LogP contribution is -2.20. The third kappa shape index (κ3) is 5.58. The summed E-state index contributed by atoms with van der Waals surface area (Å²) in [7, 11) is 1.42. The summed E-state index contributed by atoms with van der Waals surface area (Å²) in [6.07, 6.45) is -2.85. The van der Waals surface area contributed by atoms with Crippen molar-refractivity contribution in [3.63, 3.8) is 0 Å². The van der Waals surface area contributed by atoms with Gasteiger partial charge >= 0.3 is 6.18 Å². The average Bonchev–Trinajstić information content (AvgIpc) is 3.12. The second-order valence-electron chi connectivity index (χ2n) is 7.53. The van der Waals surface area contributed by atoms with Crippen molar-refractivity contribution in [1.29, 1.82) is 0 Å². The number of hydrogen-bond acceptors (Lipinski definition) is 4. The summed E-state index contributed by atoms with van der Waals surface area (Å²) in [5.74, 6) is -0.370. The van der Waals surface area contributed by atoms with Crippen LogP contribution in [0.1, 0.15) is 16.7 Å². The van der Waals surface area contributed by atoms with Gasteiger partial charge in [-0.15, -0.1) is 0 Å². The van der Waals surface area contributed by atoms with E-state index in [1.165, 1.54) is 19.2 Å². The number of amides is 2. The van der Waals surface area contributed by atoms with Crippen molar-refractivity contribution in [2.45, 2.75) is 6.18 Å². The summed E-state index contributed by atoms with van der Waals surface area (Å²) >= 11 is 6.06. The van der Waals surface area contributed by atoms with Crippen molar-refractivity contribution in [2.75, 3.05) is 24.4 Å². The third-order valence-corrected chi connectivity index (χ3v) is 5.33. The van der Waals surface area contributed by atoms with Gasteiger partial charge in [0.05, 0.1) is 12.7 Å². The zero-order valence-corrected chi connectivity index (χ0v) is 19.0. The Balaban J connectivity index is 1.46. The van der Waals surface area contributed by atoms with E-state index in [0.717, 1.165) is 12.1 Å². The summed E-state index contributed by atoms with van der Waals surface area (Å²) in [4.78, 5) is 24.6. The molecule has 3 aromatic carbocycles. The lowest BCUT2D eigenvalue weighted by atomic mass is 10.0. The molecule has 2 amide bonds. The first kappa shape index (κ1) is 24.2. The first-order valence-corrected chi connectivity index (χ1v) is 10.6. The van der Waals surface area contributed by atoms with Crippen LogP contribution in [-0.4, -0.2) is 25.5 Å². The number of ether oxygens (including phenoxy) is 2. The maximum Gasteiger partial charge on any atom is 0.416 e. The molecule has 0 radical (unpaired) electrons. The number of alkyl halides is 3. The summed E-state index contributed by atoms with van der Waals surface area (Å²) in [5, 5.41) is 5.64. The Labute approximate surface area is 203 Å². The highest BCUT2D eigenvalue weighted by Gasteiger charge is 2.30. The van der Waals surface area contributed by atoms with E-state index in [4.69, 9.17) is 21.1 Å². The minimum atomic E-state index is -4.52. The molecule has 0 saturated carbocycles. The van der Waals surface area contributed by atoms with Crippen molar-refractivity contribution in [3.05, 3.63) is 82.4 Å². The maximum atomic E-state index is 12.8. The largest absolute Gasteiger partial charge is 0.493 e. The minimum Gasteiger partial charge on any atom is -0.493 e. The maximum absolute atomic E-state index is 12.8. The van der Waals surface area contributed by atoms with Crippen LogP contribution in [0.3, 0.4) is 0 Å². The quantitative estimate of drug-likeness (QED) is 0.413. The number of fused-ring (bicyclic) bond motifs is 1. The molecule has 0 aromatic heterocycles. The molecule has 2 N–H and O–H groups in total. The zero-order chi connectivity index (χ0) is 25.2. The van der Waals surface area contributed by atoms with Gasteiger partial charge in [0, 0.05) is 27.5 Å². The molecule has 0 fully saturated rings. The molecular formula is C25H18ClF3N2O4. The zero-order valence-electron chi connectivity index (χ0n) is 18.2. The summed E-state index contributed by atoms with van der Waals surface area (Å²) in [6.45, 7) is -0.457. The fraction of sp³-hybridized carbons (Fsp3) is 0.120. The monoisotopic (exact) mass is 502 g/mol. The fourth-order valence-electron chi connectivity index (χ4n) is 3.48. The Hall–Kier alpha value is -3.98. The van der Waals surface area contributed by atoms with Crippen molar-refractivity contribution in [1.82, 2.24) is 0 Å². The number of rotatable bonds is 6. The normalized spacial score (nSPS) is 13.9. The average molecular weight is 503 g/mol. The van der Waals surface area contributed by atoms with Crippen LogP contribution in [0, 0.1) is 0 Å². The van der Waals surface area contributed by atoms with Gasteiger partial charge in [0.25, 0.3) is 11.8 Å². The molecule has 1 aliphatic heterocycles. The van der Waals surface area contributed by atoms with Crippen molar-refractivity contribution in [3.8, 4) is 11.5 Å². The highest BCUT2D eigenvalue weighted by Crippen LogP contribution is 2.36. The smallest absolute Gasteiger partial charge is 0.416 e. The molecule has 0 bridgehead atoms. The first-order chi connectivity index (χ1) is 16.6. The van der Waals surface area contributed by atoms with Crippen molar-refractivity contribution >= 4 is 46.4 Å². The number of hydrogen-bond donors (Lipinski definition) is 2. The summed E-state index contributed by atoms with van der Waals surface area (Å²) in [5.41, 5.74) is 1.53. The molecule has 4 rings (SSSR count). The molecule has 180 valence electrons. The van der Waals surface area contributed by atoms with E-state index in [1.54, 1.807) is 42.5 Å². The van der Waals surface area contributed by atoms with Crippen molar-refractivity contribution < 1.29 is 32.2 Å². The summed E-state index contributed by atoms with van der Waals surface area (Å²) in [6, 6.07) is 14.3. The molecule has 0 saturated heterocycles. The van der Waals surface area contributed by atoms with Crippen LogP contribution < -0.4 is 20.1 Å². The number of benzene rings is 3. The predicted octanol–water partition coefficient (Wildman–Crippen LogP) is 5.88. The van der Waals surface area contributed by atoms with Crippen LogP contribution in [0.4, 0.5) is 24.5 Å². The molecule has 35 heavy (non-hydrogen) atoms. The molecule has 0 atom stereocenters. The predicted molar refractivity (Wildman–Crippen MR) is 127 cm³/mol. The molecule has 1 aliphatic rings. The Morgan fingerprint density at radius 1 is 1.09 bits per heavy atom. The van der Waals surface area contributed by atoms with Crippen LogP contribution in [0.2, 0.25) is 5.02 Å². The van der Waals surface area contributed by atoms with Crippen LogP contribution in [0.5, 0.6) is 11.5 Å². The third-order valence-electron chi connectivity index (χ3n) is 5.10. The molecule has 6 nitrogen and oxygen atoms in total. The second-order valence-corrected chi connectivity index (χ2v) is 7.96. The van der Waals surface area contributed by atoms with Gasteiger partial charge < -0.3 is 20.1 Å². The number of nitrogens with one attached hydrogen (secondary N) is 2. The van der Waals surface area contributed by atoms with E-state index in [2.05, 4.69) is 10.6 Å². The van der Waals surface area contributed by atoms with Gasteiger partial charge in [-0.3, -0.25) is 9.59 Å². The van der Waals surface area contributed by atoms with Gasteiger partial charge in [-0.1, -0.05) is 23.7 Å². The van der Waals surface area contributed by atoms with Crippen LogP contribution in [0.15, 0.2) is 60.7 Å². The SMILES string of the molecule is COc1cc(/C=C2/C(=O)Nc3ccc(Cl)cc32)ccc1OCC(=O)Nc1cccc(C(F)(F)F)c1. The molecule has 0 aliphatic carbocycles. The molecule has 10 heteroatoms. The second kappa shape index (κ2) is 9.71. The van der Waals surface area contributed by atoms with Gasteiger partial charge in [0.2, 0.25) is 0 Å². The Morgan fingerprint density at radius 3 is 2.63 bits per heavy atom. The van der Waals surface area contributed by atoms with E-state index in [9.17, 15) is 22.8 Å². The van der Waals surface area contributed by atoms with Crippen LogP contribution in [0.25, 0.3) is 11.6 Å². The molecule has 0 unspecified atom stereocenters. The molecular weight excluding hydrogens is 485 g/mol. The fourth-order valence-corrected chi connectivity index (χ4v) is 3.65. The van der Waals surface area contributed by atoms with E-state index in [1.807, 2.05) is 0 Å². The standard InChI is InChI=1S/C25H18ClF3N2O4/c1-34-22-10-14(9-19-18-12-16(26)6-7-20(18)31-24(19)33)5-8-21(22)35-13-23(32)30-17-4-2-3-15(11-17)25(27,28)29/h2-12H,13H2,1H3,(H,30,32)(H,31,33)/b19-9+. The van der Waals surface area contributed by atoms with E-state index >= 15 is 0 Å². The van der Waals surface area contributed by atoms with E-state index in [0.29, 0.717) is 33.2 Å². The van der Waals surface area contributed by atoms with Crippen LogP contribution in [-0.2, 0) is 15.8 Å². The first-order valence-electron chi connectivity index (χ1n) is 10.2. The van der Waals surface area contributed by atoms with Crippen LogP contribution >= 0.6 is 11.6 Å². The number of anilines is 2. The molecule has 0 spiro atoms. The number of carbonyl (C=O) groups is 2. The highest BCUT2D eigenvalue weighted by atomic mass is 35.5. The Morgan fingerprint density at radius 2 is 1.89 bits per heavy atom. The lowest BCUT2D eigenvalue weighted by Gasteiger charge is -2.13. The number of methoxy groups -OCH3 is 1. The number of carbonyl (C=O) groups excluding carboxylic acids is 2. The van der Waals surface area contributed by atoms with E-state index < -0.39 is 24.3 Å². The van der Waals surface area contributed by atoms with Gasteiger partial charge in [-0.2, -0.15) is 13.2 Å². The Bertz CT molecular complexity index is 1340. The van der Waals surface area contributed by atoms with Crippen molar-refractivity contribution in [2.24, 2.45) is 0 Å². The van der Waals surface area contributed by atoms with Gasteiger partial charge in [-0.05, 0) is 60.2 Å². The summed E-state index contributed by atoms with van der Waals surface area (Å²) < 4.78 is 49.4. The minimum absolute atomic E-state index is 0.00223. The number of halogens is 4. The highest BCUT2D eigenvalue weighted by molar-refractivity contribution is 6.36. The van der Waals surface area contributed by atoms with Gasteiger partial charge in [-0.25, -0.2) is 0 Å². The Kier molecular flexibility index (Phi) is 6.70. The topological polar surface area (TPSA) is 76.7 Å². The lowest BCUT2D eigenvalue weighted by molar-refractivity contribution is -0.137. The molecule has 1 heterocycles.